The number of halogens is 6. The van der Waals surface area contributed by atoms with Crippen molar-refractivity contribution in [1.82, 2.24) is 4.98 Å². The number of carbonyl (C=O) groups is 1. The molecule has 0 aliphatic heterocycles. The molecular weight excluding hydrogens is 324 g/mol. The highest BCUT2D eigenvalue weighted by Gasteiger charge is 2.39. The predicted molar refractivity (Wildman–Crippen MR) is 58.2 cm³/mol. The van der Waals surface area contributed by atoms with Gasteiger partial charge in [-0.1, -0.05) is 0 Å². The third kappa shape index (κ3) is 4.67. The number of hydrogen-bond acceptors (Lipinski definition) is 5. The highest BCUT2D eigenvalue weighted by Crippen LogP contribution is 2.39. The van der Waals surface area contributed by atoms with E-state index in [1.807, 2.05) is 0 Å². The zero-order valence-corrected chi connectivity index (χ0v) is 11.1. The number of rotatable bonds is 4. The zero-order valence-electron chi connectivity index (χ0n) is 11.1. The molecule has 0 amide bonds. The number of alkyl halides is 6. The lowest BCUT2D eigenvalue weighted by atomic mass is 10.2. The van der Waals surface area contributed by atoms with Crippen LogP contribution in [0, 0.1) is 0 Å². The standard InChI is InChI=1S/C11H9F6NO4/c1-20-8(19)4-6-7(22-11(15,16)17)3-5(10(12,13)14)9(18-6)21-2/h3H,4H2,1-2H3. The van der Waals surface area contributed by atoms with Gasteiger partial charge in [0.15, 0.2) is 5.75 Å². The van der Waals surface area contributed by atoms with E-state index >= 15 is 0 Å². The van der Waals surface area contributed by atoms with E-state index in [9.17, 15) is 31.1 Å². The molecule has 11 heteroatoms. The summed E-state index contributed by atoms with van der Waals surface area (Å²) in [6, 6.07) is 0.0671. The number of ether oxygens (including phenoxy) is 3. The molecule has 1 heterocycles. The van der Waals surface area contributed by atoms with Gasteiger partial charge < -0.3 is 14.2 Å². The van der Waals surface area contributed by atoms with Crippen molar-refractivity contribution in [2.45, 2.75) is 19.0 Å². The molecule has 1 aromatic heterocycles. The van der Waals surface area contributed by atoms with Crippen LogP contribution in [0.5, 0.6) is 11.6 Å². The molecule has 0 saturated carbocycles. The van der Waals surface area contributed by atoms with Gasteiger partial charge in [0, 0.05) is 6.07 Å². The molecule has 0 N–H and O–H groups in total. The fourth-order valence-electron chi connectivity index (χ4n) is 1.42. The molecule has 0 atom stereocenters. The minimum atomic E-state index is -5.26. The Morgan fingerprint density at radius 3 is 2.18 bits per heavy atom. The highest BCUT2D eigenvalue weighted by atomic mass is 19.4. The maximum absolute atomic E-state index is 12.8. The average molecular weight is 333 g/mol. The normalized spacial score (nSPS) is 12.0. The maximum Gasteiger partial charge on any atom is 0.573 e. The fraction of sp³-hybridized carbons (Fsp3) is 0.455. The number of nitrogens with zero attached hydrogens (tertiary/aromatic N) is 1. The van der Waals surface area contributed by atoms with Crippen molar-refractivity contribution in [2.75, 3.05) is 14.2 Å². The molecule has 0 saturated heterocycles. The van der Waals surface area contributed by atoms with Crippen LogP contribution >= 0.6 is 0 Å². The first-order valence-electron chi connectivity index (χ1n) is 5.45. The van der Waals surface area contributed by atoms with Gasteiger partial charge in [-0.05, 0) is 0 Å². The van der Waals surface area contributed by atoms with Crippen LogP contribution in [-0.2, 0) is 22.1 Å². The monoisotopic (exact) mass is 333 g/mol. The summed E-state index contributed by atoms with van der Waals surface area (Å²) in [5.74, 6) is -3.26. The van der Waals surface area contributed by atoms with Crippen molar-refractivity contribution in [3.63, 3.8) is 0 Å². The molecule has 0 fully saturated rings. The summed E-state index contributed by atoms with van der Waals surface area (Å²) < 4.78 is 87.2. The third-order valence-corrected chi connectivity index (χ3v) is 2.29. The predicted octanol–water partition coefficient (Wildman–Crippen LogP) is 2.72. The number of hydrogen-bond donors (Lipinski definition) is 0. The lowest BCUT2D eigenvalue weighted by molar-refractivity contribution is -0.275. The minimum Gasteiger partial charge on any atom is -0.481 e. The fourth-order valence-corrected chi connectivity index (χ4v) is 1.42. The van der Waals surface area contributed by atoms with Crippen molar-refractivity contribution in [3.8, 4) is 11.6 Å². The smallest absolute Gasteiger partial charge is 0.481 e. The van der Waals surface area contributed by atoms with Crippen LogP contribution in [0.2, 0.25) is 0 Å². The van der Waals surface area contributed by atoms with Crippen LogP contribution in [0.3, 0.4) is 0 Å². The third-order valence-electron chi connectivity index (χ3n) is 2.29. The average Bonchev–Trinajstić information content (AvgIpc) is 2.37. The minimum absolute atomic E-state index is 0.0671. The van der Waals surface area contributed by atoms with Crippen molar-refractivity contribution in [1.29, 1.82) is 0 Å². The second-order valence-corrected chi connectivity index (χ2v) is 3.79. The van der Waals surface area contributed by atoms with Gasteiger partial charge >= 0.3 is 18.5 Å². The largest absolute Gasteiger partial charge is 0.573 e. The highest BCUT2D eigenvalue weighted by molar-refractivity contribution is 5.73. The van der Waals surface area contributed by atoms with Gasteiger partial charge in [0.25, 0.3) is 0 Å². The van der Waals surface area contributed by atoms with E-state index < -0.39 is 47.8 Å². The van der Waals surface area contributed by atoms with Crippen LogP contribution in [0.25, 0.3) is 0 Å². The van der Waals surface area contributed by atoms with Crippen LogP contribution in [-0.4, -0.2) is 31.5 Å². The molecule has 0 aliphatic rings. The van der Waals surface area contributed by atoms with E-state index in [0.717, 1.165) is 14.2 Å². The Balaban J connectivity index is 3.43. The topological polar surface area (TPSA) is 57.7 Å². The van der Waals surface area contributed by atoms with Gasteiger partial charge in [-0.25, -0.2) is 4.98 Å². The quantitative estimate of drug-likeness (QED) is 0.626. The Morgan fingerprint density at radius 1 is 1.18 bits per heavy atom. The molecule has 124 valence electrons. The van der Waals surface area contributed by atoms with Gasteiger partial charge in [0.2, 0.25) is 5.88 Å². The number of aromatic nitrogens is 1. The van der Waals surface area contributed by atoms with Crippen LogP contribution < -0.4 is 9.47 Å². The Labute approximate surface area is 119 Å². The molecule has 1 rings (SSSR count). The summed E-state index contributed by atoms with van der Waals surface area (Å²) in [6.07, 6.45) is -11.1. The van der Waals surface area contributed by atoms with E-state index in [4.69, 9.17) is 0 Å². The number of carbonyl (C=O) groups excluding carboxylic acids is 1. The second-order valence-electron chi connectivity index (χ2n) is 3.79. The molecule has 0 bridgehead atoms. The van der Waals surface area contributed by atoms with Crippen LogP contribution in [0.1, 0.15) is 11.3 Å². The number of esters is 1. The first-order chi connectivity index (χ1) is 9.97. The first kappa shape index (κ1) is 17.9. The Hall–Kier alpha value is -2.20. The van der Waals surface area contributed by atoms with Crippen LogP contribution in [0.15, 0.2) is 6.07 Å². The molecule has 0 aromatic carbocycles. The van der Waals surface area contributed by atoms with Gasteiger partial charge in [0.05, 0.1) is 26.3 Å². The van der Waals surface area contributed by atoms with E-state index in [1.165, 1.54) is 0 Å². The summed E-state index contributed by atoms with van der Waals surface area (Å²) in [4.78, 5) is 14.4. The molecule has 0 spiro atoms. The van der Waals surface area contributed by atoms with Gasteiger partial charge in [-0.15, -0.1) is 13.2 Å². The van der Waals surface area contributed by atoms with Crippen molar-refractivity contribution in [3.05, 3.63) is 17.3 Å². The summed E-state index contributed by atoms with van der Waals surface area (Å²) in [5.41, 5.74) is -2.27. The molecule has 1 aromatic rings. The second kappa shape index (κ2) is 6.28. The Morgan fingerprint density at radius 2 is 1.77 bits per heavy atom. The Bertz CT molecular complexity index is 555. The van der Waals surface area contributed by atoms with E-state index in [1.54, 1.807) is 0 Å². The van der Waals surface area contributed by atoms with E-state index in [2.05, 4.69) is 19.2 Å². The molecule has 0 unspecified atom stereocenters. The number of methoxy groups -OCH3 is 2. The molecule has 0 radical (unpaired) electrons. The first-order valence-corrected chi connectivity index (χ1v) is 5.45. The summed E-state index contributed by atoms with van der Waals surface area (Å²) in [5, 5.41) is 0. The van der Waals surface area contributed by atoms with Gasteiger partial charge in [-0.3, -0.25) is 4.79 Å². The maximum atomic E-state index is 12.8. The van der Waals surface area contributed by atoms with Crippen molar-refractivity contribution < 1.29 is 45.3 Å². The summed E-state index contributed by atoms with van der Waals surface area (Å²) >= 11 is 0. The lowest BCUT2D eigenvalue weighted by Crippen LogP contribution is -2.21. The molecule has 5 nitrogen and oxygen atoms in total. The molecule has 22 heavy (non-hydrogen) atoms. The summed E-state index contributed by atoms with van der Waals surface area (Å²) in [6.45, 7) is 0. The van der Waals surface area contributed by atoms with E-state index in [-0.39, 0.29) is 6.07 Å². The molecular formula is C11H9F6NO4. The zero-order chi connectivity index (χ0) is 17.1. The summed E-state index contributed by atoms with van der Waals surface area (Å²) in [7, 11) is 1.80. The number of pyridine rings is 1. The van der Waals surface area contributed by atoms with Gasteiger partial charge in [-0.2, -0.15) is 13.2 Å². The Kier molecular flexibility index (Phi) is 5.09. The van der Waals surface area contributed by atoms with Crippen LogP contribution in [0.4, 0.5) is 26.3 Å². The van der Waals surface area contributed by atoms with E-state index in [0.29, 0.717) is 0 Å². The SMILES string of the molecule is COC(=O)Cc1nc(OC)c(C(F)(F)F)cc1OC(F)(F)F. The van der Waals surface area contributed by atoms with Crippen molar-refractivity contribution >= 4 is 5.97 Å². The molecule has 0 aliphatic carbocycles. The lowest BCUT2D eigenvalue weighted by Gasteiger charge is -2.17. The van der Waals surface area contributed by atoms with Crippen molar-refractivity contribution in [2.24, 2.45) is 0 Å². The van der Waals surface area contributed by atoms with Gasteiger partial charge in [0.1, 0.15) is 5.56 Å².